The Balaban J connectivity index is 1.52. The summed E-state index contributed by atoms with van der Waals surface area (Å²) >= 11 is 5.94. The van der Waals surface area contributed by atoms with Crippen molar-refractivity contribution in [3.63, 3.8) is 0 Å². The molecular weight excluding hydrogens is 539 g/mol. The summed E-state index contributed by atoms with van der Waals surface area (Å²) in [6.07, 6.45) is -0.516. The van der Waals surface area contributed by atoms with Crippen molar-refractivity contribution in [3.05, 3.63) is 58.9 Å². The number of ether oxygens (including phenoxy) is 2. The van der Waals surface area contributed by atoms with Crippen LogP contribution in [0.25, 0.3) is 0 Å². The highest BCUT2D eigenvalue weighted by molar-refractivity contribution is 6.29. The van der Waals surface area contributed by atoms with Crippen molar-refractivity contribution in [2.45, 2.75) is 63.4 Å². The number of nitrogens with zero attached hydrogens (tertiary/aromatic N) is 2. The number of likely N-dealkylation sites (tertiary alicyclic amines) is 1. The van der Waals surface area contributed by atoms with Crippen LogP contribution in [0.1, 0.15) is 43.2 Å². The molecule has 12 heteroatoms. The Bertz CT molecular complexity index is 1190. The van der Waals surface area contributed by atoms with Gasteiger partial charge in [-0.2, -0.15) is 13.2 Å². The van der Waals surface area contributed by atoms with Gasteiger partial charge in [-0.05, 0) is 60.6 Å². The van der Waals surface area contributed by atoms with Crippen LogP contribution in [0.2, 0.25) is 5.15 Å². The van der Waals surface area contributed by atoms with Gasteiger partial charge in [0.15, 0.2) is 6.04 Å². The fourth-order valence-corrected chi connectivity index (χ4v) is 5.36. The van der Waals surface area contributed by atoms with Gasteiger partial charge in [-0.1, -0.05) is 43.0 Å². The minimum atomic E-state index is -4.71. The highest BCUT2D eigenvalue weighted by atomic mass is 35.5. The van der Waals surface area contributed by atoms with E-state index in [1.807, 2.05) is 5.32 Å². The lowest BCUT2D eigenvalue weighted by molar-refractivity contribution is -0.175. The maximum Gasteiger partial charge on any atom is 0.408 e. The lowest BCUT2D eigenvalue weighted by Crippen LogP contribution is -2.70. The number of amides is 3. The van der Waals surface area contributed by atoms with Gasteiger partial charge in [0.1, 0.15) is 23.6 Å². The van der Waals surface area contributed by atoms with Crippen LogP contribution < -0.4 is 10.1 Å². The monoisotopic (exact) mass is 567 g/mol. The fourth-order valence-electron chi connectivity index (χ4n) is 5.17. The van der Waals surface area contributed by atoms with E-state index in [0.29, 0.717) is 47.5 Å². The molecule has 8 nitrogen and oxygen atoms in total. The average Bonchev–Trinajstić information content (AvgIpc) is 2.92. The van der Waals surface area contributed by atoms with Gasteiger partial charge in [-0.3, -0.25) is 4.79 Å². The largest absolute Gasteiger partial charge is 0.497 e. The summed E-state index contributed by atoms with van der Waals surface area (Å²) in [7, 11) is 1.51. The molecule has 1 aliphatic carbocycles. The van der Waals surface area contributed by atoms with Crippen molar-refractivity contribution in [2.24, 2.45) is 11.8 Å². The van der Waals surface area contributed by atoms with E-state index in [9.17, 15) is 27.6 Å². The van der Waals surface area contributed by atoms with E-state index in [1.165, 1.54) is 19.4 Å². The zero-order valence-corrected chi connectivity index (χ0v) is 22.0. The van der Waals surface area contributed by atoms with Gasteiger partial charge >= 0.3 is 18.2 Å². The number of aromatic nitrogens is 1. The van der Waals surface area contributed by atoms with Gasteiger partial charge in [0.05, 0.1) is 13.0 Å². The predicted octanol–water partition coefficient (Wildman–Crippen LogP) is 5.08. The maximum atomic E-state index is 13.9. The van der Waals surface area contributed by atoms with Crippen LogP contribution in [0.4, 0.5) is 18.0 Å². The first-order valence-corrected chi connectivity index (χ1v) is 13.1. The minimum absolute atomic E-state index is 0.0263. The first kappa shape index (κ1) is 28.7. The number of carbonyl (C=O) groups excluding carboxylic acids is 3. The van der Waals surface area contributed by atoms with E-state index in [1.54, 1.807) is 30.3 Å². The molecule has 4 rings (SSSR count). The molecule has 2 fully saturated rings. The van der Waals surface area contributed by atoms with Crippen LogP contribution in [0, 0.1) is 11.8 Å². The molecule has 1 N–H and O–H groups in total. The van der Waals surface area contributed by atoms with Crippen molar-refractivity contribution in [1.29, 1.82) is 0 Å². The van der Waals surface area contributed by atoms with E-state index in [4.69, 9.17) is 21.1 Å². The number of methoxy groups -OCH3 is 1. The van der Waals surface area contributed by atoms with Crippen LogP contribution >= 0.6 is 11.6 Å². The molecule has 2 aliphatic rings. The molecule has 210 valence electrons. The number of pyridine rings is 1. The Morgan fingerprint density at radius 1 is 1.13 bits per heavy atom. The molecule has 2 aromatic rings. The topological polar surface area (TPSA) is 97.8 Å². The van der Waals surface area contributed by atoms with Gasteiger partial charge in [0.25, 0.3) is 0 Å². The normalized spacial score (nSPS) is 20.6. The number of β-lactam (4-membered cyclic amide) rings is 1. The second kappa shape index (κ2) is 12.2. The SMILES string of the molecule is COc1ccc(COC(=O)[C@@H]2[C@@H](Cc3ccnc(Cl)c3)C(=O)N2C(=O)N[C@@H](C2CCCCC2)C(F)(F)F)cc1. The zero-order valence-electron chi connectivity index (χ0n) is 21.2. The molecule has 0 radical (unpaired) electrons. The van der Waals surface area contributed by atoms with Crippen LogP contribution in [0.5, 0.6) is 5.75 Å². The summed E-state index contributed by atoms with van der Waals surface area (Å²) in [6.45, 7) is -0.163. The summed E-state index contributed by atoms with van der Waals surface area (Å²) in [5.74, 6) is -2.87. The molecule has 0 bridgehead atoms. The second-order valence-electron chi connectivity index (χ2n) is 9.77. The standard InChI is InChI=1S/C27H29ClF3N3O5/c1-38-19-9-7-16(8-10-19)15-39-25(36)22-20(13-17-11-12-32-21(28)14-17)24(35)34(22)26(37)33-23(27(29,30)31)18-5-3-2-4-6-18/h7-12,14,18,20,22-23H,2-6,13,15H2,1H3,(H,33,37)/t20-,22+,23+/m1/s1. The third kappa shape index (κ3) is 6.81. The smallest absolute Gasteiger partial charge is 0.408 e. The first-order valence-electron chi connectivity index (χ1n) is 12.7. The van der Waals surface area contributed by atoms with E-state index in [-0.39, 0.29) is 18.2 Å². The molecule has 1 saturated heterocycles. The summed E-state index contributed by atoms with van der Waals surface area (Å²) in [5.41, 5.74) is 1.20. The Morgan fingerprint density at radius 2 is 1.82 bits per heavy atom. The van der Waals surface area contributed by atoms with Gasteiger partial charge in [0, 0.05) is 6.20 Å². The van der Waals surface area contributed by atoms with Crippen molar-refractivity contribution in [1.82, 2.24) is 15.2 Å². The quantitative estimate of drug-likeness (QED) is 0.271. The highest BCUT2D eigenvalue weighted by Crippen LogP contribution is 2.36. The minimum Gasteiger partial charge on any atom is -0.497 e. The van der Waals surface area contributed by atoms with Gasteiger partial charge < -0.3 is 14.8 Å². The Kier molecular flexibility index (Phi) is 8.99. The number of hydrogen-bond acceptors (Lipinski definition) is 6. The van der Waals surface area contributed by atoms with Gasteiger partial charge in [0.2, 0.25) is 5.91 Å². The number of urea groups is 1. The van der Waals surface area contributed by atoms with Crippen molar-refractivity contribution in [3.8, 4) is 5.75 Å². The Labute approximate surface area is 228 Å². The molecular formula is C27H29ClF3N3O5. The molecule has 3 atom stereocenters. The molecule has 1 aromatic heterocycles. The van der Waals surface area contributed by atoms with Crippen molar-refractivity contribution < 1.29 is 37.0 Å². The number of nitrogens with one attached hydrogen (secondary N) is 1. The van der Waals surface area contributed by atoms with Gasteiger partial charge in [-0.15, -0.1) is 0 Å². The molecule has 1 saturated carbocycles. The van der Waals surface area contributed by atoms with Crippen LogP contribution in [0.3, 0.4) is 0 Å². The third-order valence-corrected chi connectivity index (χ3v) is 7.42. The summed E-state index contributed by atoms with van der Waals surface area (Å²) in [5, 5.41) is 2.19. The molecule has 0 spiro atoms. The van der Waals surface area contributed by atoms with E-state index in [2.05, 4.69) is 4.98 Å². The second-order valence-corrected chi connectivity index (χ2v) is 10.2. The molecule has 0 unspecified atom stereocenters. The number of benzene rings is 1. The van der Waals surface area contributed by atoms with E-state index >= 15 is 0 Å². The number of halogens is 4. The maximum absolute atomic E-state index is 13.9. The van der Waals surface area contributed by atoms with Crippen molar-refractivity contribution >= 4 is 29.5 Å². The number of esters is 1. The predicted molar refractivity (Wildman–Crippen MR) is 135 cm³/mol. The molecule has 2 heterocycles. The summed E-state index contributed by atoms with van der Waals surface area (Å²) in [4.78, 5) is 43.7. The molecule has 39 heavy (non-hydrogen) atoms. The summed E-state index contributed by atoms with van der Waals surface area (Å²) < 4.78 is 52.3. The number of alkyl halides is 3. The Hall–Kier alpha value is -3.34. The van der Waals surface area contributed by atoms with E-state index in [0.717, 1.165) is 6.42 Å². The van der Waals surface area contributed by atoms with Crippen molar-refractivity contribution in [2.75, 3.05) is 7.11 Å². The first-order chi connectivity index (χ1) is 18.6. The lowest BCUT2D eigenvalue weighted by Gasteiger charge is -2.44. The average molecular weight is 568 g/mol. The lowest BCUT2D eigenvalue weighted by atomic mass is 9.82. The highest BCUT2D eigenvalue weighted by Gasteiger charge is 2.57. The number of hydrogen-bond donors (Lipinski definition) is 1. The zero-order chi connectivity index (χ0) is 28.2. The summed E-state index contributed by atoms with van der Waals surface area (Å²) in [6, 6.07) is 5.04. The molecule has 1 aromatic carbocycles. The van der Waals surface area contributed by atoms with Gasteiger partial charge in [-0.25, -0.2) is 19.5 Å². The van der Waals surface area contributed by atoms with Crippen LogP contribution in [-0.4, -0.2) is 53.2 Å². The number of imide groups is 1. The van der Waals surface area contributed by atoms with Crippen LogP contribution in [-0.2, 0) is 27.4 Å². The third-order valence-electron chi connectivity index (χ3n) is 7.21. The Morgan fingerprint density at radius 3 is 2.44 bits per heavy atom. The fraction of sp³-hybridized carbons (Fsp3) is 0.481. The molecule has 3 amide bonds. The van der Waals surface area contributed by atoms with Crippen LogP contribution in [0.15, 0.2) is 42.6 Å². The molecule has 1 aliphatic heterocycles. The number of carbonyl (C=O) groups is 3. The van der Waals surface area contributed by atoms with E-state index < -0.39 is 48.0 Å². The number of rotatable bonds is 8.